The maximum absolute atomic E-state index is 11.0. The van der Waals surface area contributed by atoms with Gasteiger partial charge in [0.25, 0.3) is 0 Å². The first-order valence-electron chi connectivity index (χ1n) is 3.58. The summed E-state index contributed by atoms with van der Waals surface area (Å²) in [7, 11) is 0. The van der Waals surface area contributed by atoms with Gasteiger partial charge in [0, 0.05) is 5.33 Å². The molecular formula is C7H11BrO4. The van der Waals surface area contributed by atoms with Gasteiger partial charge in [0.2, 0.25) is 0 Å². The molecule has 0 bridgehead atoms. The molecule has 0 saturated heterocycles. The van der Waals surface area contributed by atoms with Crippen LogP contribution in [-0.4, -0.2) is 29.0 Å². The van der Waals surface area contributed by atoms with Crippen molar-refractivity contribution in [2.24, 2.45) is 5.92 Å². The SMILES string of the molecule is CCOC(=O)C(CCBr)C(=O)O. The van der Waals surface area contributed by atoms with Crippen molar-refractivity contribution < 1.29 is 19.4 Å². The molecule has 0 fully saturated rings. The van der Waals surface area contributed by atoms with Gasteiger partial charge in [-0.15, -0.1) is 0 Å². The molecule has 12 heavy (non-hydrogen) atoms. The minimum atomic E-state index is -1.13. The lowest BCUT2D eigenvalue weighted by Gasteiger charge is -2.08. The molecule has 0 aromatic carbocycles. The number of carboxylic acid groups (broad SMARTS) is 1. The molecule has 1 N–H and O–H groups in total. The van der Waals surface area contributed by atoms with Gasteiger partial charge in [0.05, 0.1) is 6.61 Å². The quantitative estimate of drug-likeness (QED) is 0.442. The first kappa shape index (κ1) is 11.4. The third kappa shape index (κ3) is 3.71. The molecule has 70 valence electrons. The Morgan fingerprint density at radius 2 is 2.17 bits per heavy atom. The van der Waals surface area contributed by atoms with E-state index in [0.29, 0.717) is 5.33 Å². The highest BCUT2D eigenvalue weighted by Crippen LogP contribution is 2.08. The van der Waals surface area contributed by atoms with E-state index in [1.54, 1.807) is 6.92 Å². The lowest BCUT2D eigenvalue weighted by atomic mass is 10.1. The molecule has 0 amide bonds. The summed E-state index contributed by atoms with van der Waals surface area (Å²) in [6, 6.07) is 0. The summed E-state index contributed by atoms with van der Waals surface area (Å²) in [6.07, 6.45) is 0.258. The highest BCUT2D eigenvalue weighted by molar-refractivity contribution is 9.09. The van der Waals surface area contributed by atoms with Crippen molar-refractivity contribution in [1.29, 1.82) is 0 Å². The smallest absolute Gasteiger partial charge is 0.320 e. The monoisotopic (exact) mass is 238 g/mol. The minimum Gasteiger partial charge on any atom is -0.481 e. The van der Waals surface area contributed by atoms with Crippen LogP contribution in [0.15, 0.2) is 0 Å². The largest absolute Gasteiger partial charge is 0.481 e. The maximum Gasteiger partial charge on any atom is 0.320 e. The Kier molecular flexibility index (Phi) is 5.70. The van der Waals surface area contributed by atoms with Gasteiger partial charge in [-0.2, -0.15) is 0 Å². The zero-order chi connectivity index (χ0) is 9.56. The van der Waals surface area contributed by atoms with Crippen LogP contribution in [0.25, 0.3) is 0 Å². The first-order chi connectivity index (χ1) is 5.63. The molecule has 0 aromatic heterocycles. The average Bonchev–Trinajstić information content (AvgIpc) is 1.99. The molecule has 0 spiro atoms. The molecule has 4 nitrogen and oxygen atoms in total. The van der Waals surface area contributed by atoms with Crippen molar-refractivity contribution in [3.63, 3.8) is 0 Å². The van der Waals surface area contributed by atoms with Crippen LogP contribution < -0.4 is 0 Å². The Morgan fingerprint density at radius 3 is 2.50 bits per heavy atom. The number of carbonyl (C=O) groups excluding carboxylic acids is 1. The zero-order valence-electron chi connectivity index (χ0n) is 6.75. The summed E-state index contributed by atoms with van der Waals surface area (Å²) in [5, 5.41) is 9.05. The number of halogens is 1. The molecule has 0 aliphatic carbocycles. The van der Waals surface area contributed by atoms with E-state index in [0.717, 1.165) is 0 Å². The van der Waals surface area contributed by atoms with Crippen LogP contribution in [-0.2, 0) is 14.3 Å². The van der Waals surface area contributed by atoms with E-state index in [4.69, 9.17) is 5.11 Å². The Morgan fingerprint density at radius 1 is 1.58 bits per heavy atom. The van der Waals surface area contributed by atoms with Gasteiger partial charge in [0.15, 0.2) is 5.92 Å². The van der Waals surface area contributed by atoms with Crippen LogP contribution in [0.4, 0.5) is 0 Å². The van der Waals surface area contributed by atoms with Crippen LogP contribution in [0.2, 0.25) is 0 Å². The number of esters is 1. The van der Waals surface area contributed by atoms with Gasteiger partial charge in [-0.3, -0.25) is 9.59 Å². The van der Waals surface area contributed by atoms with Crippen LogP contribution >= 0.6 is 15.9 Å². The van der Waals surface area contributed by atoms with Crippen LogP contribution in [0, 0.1) is 5.92 Å². The first-order valence-corrected chi connectivity index (χ1v) is 4.71. The third-order valence-corrected chi connectivity index (χ3v) is 1.72. The van der Waals surface area contributed by atoms with Crippen molar-refractivity contribution in [2.45, 2.75) is 13.3 Å². The second kappa shape index (κ2) is 5.99. The number of ether oxygens (including phenoxy) is 1. The molecule has 0 aliphatic heterocycles. The fraction of sp³-hybridized carbons (Fsp3) is 0.714. The molecule has 0 aliphatic rings. The number of hydrogen-bond donors (Lipinski definition) is 1. The van der Waals surface area contributed by atoms with Crippen molar-refractivity contribution in [1.82, 2.24) is 0 Å². The molecule has 0 saturated carbocycles. The van der Waals surface area contributed by atoms with E-state index >= 15 is 0 Å². The topological polar surface area (TPSA) is 63.6 Å². The normalized spacial score (nSPS) is 12.2. The highest BCUT2D eigenvalue weighted by Gasteiger charge is 2.26. The van der Waals surface area contributed by atoms with Crippen molar-refractivity contribution in [3.05, 3.63) is 0 Å². The molecule has 0 rings (SSSR count). The summed E-state index contributed by atoms with van der Waals surface area (Å²) >= 11 is 3.07. The molecule has 0 heterocycles. The van der Waals surface area contributed by atoms with Gasteiger partial charge in [0.1, 0.15) is 0 Å². The van der Waals surface area contributed by atoms with Crippen LogP contribution in [0.5, 0.6) is 0 Å². The summed E-state index contributed by atoms with van der Waals surface area (Å²) < 4.78 is 4.58. The molecule has 0 aromatic rings. The summed E-state index contributed by atoms with van der Waals surface area (Å²) in [5.74, 6) is -2.83. The predicted octanol–water partition coefficient (Wildman–Crippen LogP) is 1.04. The number of alkyl halides is 1. The summed E-state index contributed by atoms with van der Waals surface area (Å²) in [4.78, 5) is 21.4. The van der Waals surface area contributed by atoms with Gasteiger partial charge in [-0.25, -0.2) is 0 Å². The maximum atomic E-state index is 11.0. The van der Waals surface area contributed by atoms with E-state index in [1.807, 2.05) is 0 Å². The Hall–Kier alpha value is -0.580. The number of hydrogen-bond acceptors (Lipinski definition) is 3. The van der Waals surface area contributed by atoms with E-state index in [-0.39, 0.29) is 13.0 Å². The van der Waals surface area contributed by atoms with E-state index in [2.05, 4.69) is 20.7 Å². The van der Waals surface area contributed by atoms with Gasteiger partial charge in [-0.05, 0) is 13.3 Å². The van der Waals surface area contributed by atoms with Gasteiger partial charge < -0.3 is 9.84 Å². The predicted molar refractivity (Wildman–Crippen MR) is 46.2 cm³/mol. The fourth-order valence-electron chi connectivity index (χ4n) is 0.694. The molecule has 0 radical (unpaired) electrons. The lowest BCUT2D eigenvalue weighted by molar-refractivity contribution is -0.158. The van der Waals surface area contributed by atoms with Crippen LogP contribution in [0.1, 0.15) is 13.3 Å². The zero-order valence-corrected chi connectivity index (χ0v) is 8.33. The van der Waals surface area contributed by atoms with Gasteiger partial charge >= 0.3 is 11.9 Å². The van der Waals surface area contributed by atoms with Crippen molar-refractivity contribution >= 4 is 27.9 Å². The van der Waals surface area contributed by atoms with E-state index in [9.17, 15) is 9.59 Å². The fourth-order valence-corrected chi connectivity index (χ4v) is 1.15. The van der Waals surface area contributed by atoms with E-state index in [1.165, 1.54) is 0 Å². The standard InChI is InChI=1S/C7H11BrO4/c1-2-12-7(11)5(3-4-8)6(9)10/h5H,2-4H2,1H3,(H,9,10). The lowest BCUT2D eigenvalue weighted by Crippen LogP contribution is -2.26. The van der Waals surface area contributed by atoms with Gasteiger partial charge in [-0.1, -0.05) is 15.9 Å². The molecule has 5 heteroatoms. The molecule has 1 unspecified atom stereocenters. The third-order valence-electron chi connectivity index (χ3n) is 1.27. The summed E-state index contributed by atoms with van der Waals surface area (Å²) in [5.41, 5.74) is 0. The number of aliphatic carboxylic acids is 1. The Balaban J connectivity index is 4.09. The highest BCUT2D eigenvalue weighted by atomic mass is 79.9. The second-order valence-corrected chi connectivity index (χ2v) is 2.91. The molecular weight excluding hydrogens is 228 g/mol. The summed E-state index contributed by atoms with van der Waals surface area (Å²) in [6.45, 7) is 1.86. The Labute approximate surface area is 79.0 Å². The number of carbonyl (C=O) groups is 2. The second-order valence-electron chi connectivity index (χ2n) is 2.12. The van der Waals surface area contributed by atoms with Crippen LogP contribution in [0.3, 0.4) is 0 Å². The average molecular weight is 239 g/mol. The van der Waals surface area contributed by atoms with E-state index < -0.39 is 17.9 Å². The van der Waals surface area contributed by atoms with Crippen molar-refractivity contribution in [2.75, 3.05) is 11.9 Å². The number of rotatable bonds is 5. The Bertz CT molecular complexity index is 169. The molecule has 1 atom stereocenters. The number of carboxylic acids is 1. The van der Waals surface area contributed by atoms with Crippen molar-refractivity contribution in [3.8, 4) is 0 Å². The minimum absolute atomic E-state index is 0.213.